The van der Waals surface area contributed by atoms with E-state index >= 15 is 0 Å². The molecule has 0 bridgehead atoms. The molecule has 0 aromatic heterocycles. The molecule has 6 heteroatoms. The molecule has 2 saturated carbocycles. The molecule has 2 aromatic carbocycles. The summed E-state index contributed by atoms with van der Waals surface area (Å²) in [6.07, 6.45) is 16.9. The van der Waals surface area contributed by atoms with Crippen LogP contribution in [0.5, 0.6) is 0 Å². The quantitative estimate of drug-likeness (QED) is 0.191. The van der Waals surface area contributed by atoms with Crippen LogP contribution < -0.4 is 10.6 Å². The van der Waals surface area contributed by atoms with Gasteiger partial charge in [0.05, 0.1) is 11.4 Å². The van der Waals surface area contributed by atoms with Gasteiger partial charge < -0.3 is 10.6 Å². The van der Waals surface area contributed by atoms with E-state index in [1.165, 1.54) is 38.5 Å². The highest BCUT2D eigenvalue weighted by Crippen LogP contribution is 2.47. The van der Waals surface area contributed by atoms with Gasteiger partial charge in [-0.1, -0.05) is 138 Å². The maximum atomic E-state index is 14.0. The Bertz CT molecular complexity index is 1180. The van der Waals surface area contributed by atoms with Crippen molar-refractivity contribution < 1.29 is 9.59 Å². The van der Waals surface area contributed by atoms with Crippen molar-refractivity contribution in [2.45, 2.75) is 134 Å². The van der Waals surface area contributed by atoms with Crippen LogP contribution in [0.25, 0.3) is 0 Å². The number of carbonyl (C=O) groups is 2. The SMILES string of the molecule is CCC(CC)CC1(C(=O)Nc2ccccc2SSc2ccccc2NC(=O)C(C(CC)CC)C2CCCCC2)CCCCC1. The molecule has 0 spiro atoms. The third kappa shape index (κ3) is 9.09. The topological polar surface area (TPSA) is 58.2 Å². The standard InChI is InChI=1S/C38H56N2O2S2/c1-5-28(6-2)27-38(25-17-10-18-26-38)37(42)40-32-22-14-16-24-34(32)44-43-33-23-15-13-21-31(33)39-36(41)35(29(7-3)8-4)30-19-11-9-12-20-30/h13-16,21-24,28-30,35H,5-12,17-20,25-27H2,1-4H3,(H,39,41)(H,40,42). The minimum Gasteiger partial charge on any atom is -0.325 e. The first-order valence-corrected chi connectivity index (χ1v) is 19.7. The van der Waals surface area contributed by atoms with Gasteiger partial charge in [0.25, 0.3) is 0 Å². The van der Waals surface area contributed by atoms with E-state index in [9.17, 15) is 9.59 Å². The zero-order valence-corrected chi connectivity index (χ0v) is 29.3. The lowest BCUT2D eigenvalue weighted by Gasteiger charge is -2.38. The van der Waals surface area contributed by atoms with Crippen molar-refractivity contribution in [1.29, 1.82) is 0 Å². The first-order valence-electron chi connectivity index (χ1n) is 17.6. The number of carbonyl (C=O) groups excluding carboxylic acids is 2. The van der Waals surface area contributed by atoms with Gasteiger partial charge in [-0.15, -0.1) is 0 Å². The minimum atomic E-state index is -0.263. The second kappa shape index (κ2) is 17.7. The normalized spacial score (nSPS) is 17.9. The molecule has 2 N–H and O–H groups in total. The van der Waals surface area contributed by atoms with Crippen LogP contribution in [0, 0.1) is 29.1 Å². The summed E-state index contributed by atoms with van der Waals surface area (Å²) in [7, 11) is 3.31. The van der Waals surface area contributed by atoms with Gasteiger partial charge in [-0.25, -0.2) is 0 Å². The summed E-state index contributed by atoms with van der Waals surface area (Å²) in [6.45, 7) is 8.98. The molecular weight excluding hydrogens is 581 g/mol. The second-order valence-corrected chi connectivity index (χ2v) is 15.5. The Labute approximate surface area is 275 Å². The zero-order chi connectivity index (χ0) is 31.4. The van der Waals surface area contributed by atoms with E-state index in [4.69, 9.17) is 0 Å². The van der Waals surface area contributed by atoms with Crippen molar-refractivity contribution in [3.05, 3.63) is 48.5 Å². The first-order chi connectivity index (χ1) is 21.4. The fourth-order valence-corrected chi connectivity index (χ4v) is 10.1. The molecule has 1 unspecified atom stereocenters. The van der Waals surface area contributed by atoms with Crippen molar-refractivity contribution in [1.82, 2.24) is 0 Å². The molecule has 2 fully saturated rings. The fraction of sp³-hybridized carbons (Fsp3) is 0.632. The van der Waals surface area contributed by atoms with E-state index in [0.29, 0.717) is 17.8 Å². The Morgan fingerprint density at radius 2 is 1.25 bits per heavy atom. The lowest BCUT2D eigenvalue weighted by atomic mass is 9.67. The molecule has 4 rings (SSSR count). The Kier molecular flexibility index (Phi) is 14.0. The van der Waals surface area contributed by atoms with Crippen LogP contribution in [0.3, 0.4) is 0 Å². The lowest BCUT2D eigenvalue weighted by Crippen LogP contribution is -2.39. The summed E-state index contributed by atoms with van der Waals surface area (Å²) in [4.78, 5) is 30.0. The number of hydrogen-bond acceptors (Lipinski definition) is 4. The molecule has 44 heavy (non-hydrogen) atoms. The predicted molar refractivity (Wildman–Crippen MR) is 190 cm³/mol. The number of nitrogens with one attached hydrogen (secondary N) is 2. The second-order valence-electron chi connectivity index (χ2n) is 13.3. The number of anilines is 2. The highest BCUT2D eigenvalue weighted by Gasteiger charge is 2.41. The smallest absolute Gasteiger partial charge is 0.230 e. The Balaban J connectivity index is 1.48. The number of rotatable bonds is 15. The van der Waals surface area contributed by atoms with Crippen molar-refractivity contribution in [3.63, 3.8) is 0 Å². The van der Waals surface area contributed by atoms with Gasteiger partial charge in [-0.05, 0) is 74.1 Å². The van der Waals surface area contributed by atoms with E-state index < -0.39 is 0 Å². The average molecular weight is 637 g/mol. The van der Waals surface area contributed by atoms with Crippen molar-refractivity contribution in [2.24, 2.45) is 29.1 Å². The summed E-state index contributed by atoms with van der Waals surface area (Å²) in [5.41, 5.74) is 1.51. The van der Waals surface area contributed by atoms with Gasteiger partial charge in [-0.2, -0.15) is 0 Å². The number of para-hydroxylation sites is 2. The molecule has 0 heterocycles. The number of benzene rings is 2. The Morgan fingerprint density at radius 3 is 1.80 bits per heavy atom. The van der Waals surface area contributed by atoms with Crippen molar-refractivity contribution >= 4 is 44.8 Å². The zero-order valence-electron chi connectivity index (χ0n) is 27.7. The van der Waals surface area contributed by atoms with Crippen LogP contribution in [-0.2, 0) is 9.59 Å². The Morgan fingerprint density at radius 1 is 0.727 bits per heavy atom. The minimum absolute atomic E-state index is 0.0686. The van der Waals surface area contributed by atoms with Crippen LogP contribution in [0.1, 0.15) is 124 Å². The van der Waals surface area contributed by atoms with Crippen molar-refractivity contribution in [2.75, 3.05) is 10.6 Å². The largest absolute Gasteiger partial charge is 0.325 e. The molecule has 0 radical (unpaired) electrons. The van der Waals surface area contributed by atoms with Crippen LogP contribution in [0.4, 0.5) is 11.4 Å². The molecular formula is C38H56N2O2S2. The lowest BCUT2D eigenvalue weighted by molar-refractivity contribution is -0.128. The van der Waals surface area contributed by atoms with Gasteiger partial charge >= 0.3 is 0 Å². The maximum absolute atomic E-state index is 14.0. The molecule has 0 saturated heterocycles. The summed E-state index contributed by atoms with van der Waals surface area (Å²) in [6, 6.07) is 16.3. The molecule has 2 aliphatic carbocycles. The van der Waals surface area contributed by atoms with Gasteiger partial charge in [0.1, 0.15) is 0 Å². The van der Waals surface area contributed by atoms with E-state index in [1.807, 2.05) is 36.4 Å². The summed E-state index contributed by atoms with van der Waals surface area (Å²) >= 11 is 0. The van der Waals surface area contributed by atoms with E-state index in [1.54, 1.807) is 21.6 Å². The van der Waals surface area contributed by atoms with Crippen LogP contribution in [0.15, 0.2) is 58.3 Å². The molecule has 2 amide bonds. The molecule has 1 atom stereocenters. The summed E-state index contributed by atoms with van der Waals surface area (Å²) in [5.74, 6) is 1.94. The van der Waals surface area contributed by atoms with Gasteiger partial charge in [0.15, 0.2) is 0 Å². The molecule has 242 valence electrons. The molecule has 2 aromatic rings. The van der Waals surface area contributed by atoms with Crippen LogP contribution >= 0.6 is 21.6 Å². The first kappa shape index (κ1) is 34.9. The number of amides is 2. The van der Waals surface area contributed by atoms with Gasteiger partial charge in [0.2, 0.25) is 11.8 Å². The molecule has 2 aliphatic rings. The fourth-order valence-electron chi connectivity index (χ4n) is 7.83. The highest BCUT2D eigenvalue weighted by molar-refractivity contribution is 8.76. The Hall–Kier alpha value is -1.92. The predicted octanol–water partition coefficient (Wildman–Crippen LogP) is 11.8. The van der Waals surface area contributed by atoms with Gasteiger partial charge in [0, 0.05) is 21.1 Å². The monoisotopic (exact) mass is 636 g/mol. The average Bonchev–Trinajstić information content (AvgIpc) is 3.07. The highest BCUT2D eigenvalue weighted by atomic mass is 33.1. The third-order valence-electron chi connectivity index (χ3n) is 10.6. The van der Waals surface area contributed by atoms with Gasteiger partial charge in [-0.3, -0.25) is 9.59 Å². The summed E-state index contributed by atoms with van der Waals surface area (Å²) < 4.78 is 0. The molecule has 0 aliphatic heterocycles. The van der Waals surface area contributed by atoms with E-state index in [-0.39, 0.29) is 23.1 Å². The molecule has 4 nitrogen and oxygen atoms in total. The van der Waals surface area contributed by atoms with E-state index in [2.05, 4.69) is 50.5 Å². The third-order valence-corrected chi connectivity index (χ3v) is 13.1. The van der Waals surface area contributed by atoms with Crippen molar-refractivity contribution in [3.8, 4) is 0 Å². The van der Waals surface area contributed by atoms with Crippen LogP contribution in [0.2, 0.25) is 0 Å². The maximum Gasteiger partial charge on any atom is 0.230 e. The number of hydrogen-bond donors (Lipinski definition) is 2. The van der Waals surface area contributed by atoms with E-state index in [0.717, 1.165) is 79.0 Å². The summed E-state index contributed by atoms with van der Waals surface area (Å²) in [5, 5.41) is 6.77. The van der Waals surface area contributed by atoms with Crippen LogP contribution in [-0.4, -0.2) is 11.8 Å².